The predicted octanol–water partition coefficient (Wildman–Crippen LogP) is 2.64. The minimum Gasteiger partial charge on any atom is -0.481 e. The Hall–Kier alpha value is -1.84. The Balaban J connectivity index is 2.42. The molecule has 1 fully saturated rings. The van der Waals surface area contributed by atoms with E-state index in [1.165, 1.54) is 0 Å². The zero-order valence-electron chi connectivity index (χ0n) is 11.5. The lowest BCUT2D eigenvalue weighted by Crippen LogP contribution is -2.35. The highest BCUT2D eigenvalue weighted by molar-refractivity contribution is 6.00. The zero-order valence-corrected chi connectivity index (χ0v) is 11.5. The van der Waals surface area contributed by atoms with Crippen molar-refractivity contribution in [1.82, 2.24) is 0 Å². The Morgan fingerprint density at radius 3 is 2.53 bits per heavy atom. The molecule has 0 aromatic heterocycles. The Labute approximate surface area is 113 Å². The first-order valence-electron chi connectivity index (χ1n) is 6.57. The molecule has 1 aliphatic heterocycles. The second-order valence-corrected chi connectivity index (χ2v) is 5.37. The minimum atomic E-state index is -0.898. The van der Waals surface area contributed by atoms with Crippen molar-refractivity contribution in [2.75, 3.05) is 4.90 Å². The van der Waals surface area contributed by atoms with Crippen molar-refractivity contribution in [2.24, 2.45) is 5.92 Å². The molecule has 0 saturated carbocycles. The fourth-order valence-electron chi connectivity index (χ4n) is 2.71. The lowest BCUT2D eigenvalue weighted by Gasteiger charge is -2.27. The van der Waals surface area contributed by atoms with Gasteiger partial charge in [0.1, 0.15) is 0 Å². The van der Waals surface area contributed by atoms with Crippen LogP contribution in [-0.4, -0.2) is 23.0 Å². The van der Waals surface area contributed by atoms with Gasteiger partial charge in [0, 0.05) is 18.2 Å². The third kappa shape index (κ3) is 2.35. The highest BCUT2D eigenvalue weighted by Gasteiger charge is 2.42. The van der Waals surface area contributed by atoms with Gasteiger partial charge in [-0.2, -0.15) is 0 Å². The second-order valence-electron chi connectivity index (χ2n) is 5.37. The van der Waals surface area contributed by atoms with Gasteiger partial charge in [-0.05, 0) is 24.5 Å². The van der Waals surface area contributed by atoms with E-state index >= 15 is 0 Å². The quantitative estimate of drug-likeness (QED) is 0.910. The normalized spacial score (nSPS) is 23.2. The van der Waals surface area contributed by atoms with Crippen LogP contribution < -0.4 is 4.90 Å². The molecule has 0 aliphatic carbocycles. The van der Waals surface area contributed by atoms with Crippen LogP contribution in [0, 0.1) is 5.92 Å². The van der Waals surface area contributed by atoms with Gasteiger partial charge < -0.3 is 10.0 Å². The van der Waals surface area contributed by atoms with Gasteiger partial charge in [-0.15, -0.1) is 0 Å². The van der Waals surface area contributed by atoms with E-state index in [-0.39, 0.29) is 18.4 Å². The molecule has 0 radical (unpaired) electrons. The molecule has 102 valence electrons. The van der Waals surface area contributed by atoms with E-state index in [4.69, 9.17) is 5.11 Å². The predicted molar refractivity (Wildman–Crippen MR) is 73.2 cm³/mol. The summed E-state index contributed by atoms with van der Waals surface area (Å²) in [7, 11) is 0. The molecular formula is C15H19NO3. The summed E-state index contributed by atoms with van der Waals surface area (Å²) < 4.78 is 0. The van der Waals surface area contributed by atoms with Crippen molar-refractivity contribution >= 4 is 17.6 Å². The van der Waals surface area contributed by atoms with Crippen LogP contribution in [0.25, 0.3) is 0 Å². The standard InChI is InChI=1S/C15H19NO3/c1-9(2)11-6-4-5-7-13(11)16-10(3)12(15(18)19)8-14(16)17/h4-7,9-10,12H,8H2,1-3H3,(H,18,19). The van der Waals surface area contributed by atoms with Crippen LogP contribution in [0.5, 0.6) is 0 Å². The Bertz CT molecular complexity index is 510. The first-order chi connectivity index (χ1) is 8.93. The summed E-state index contributed by atoms with van der Waals surface area (Å²) in [6.07, 6.45) is 0.0862. The van der Waals surface area contributed by atoms with E-state index in [0.29, 0.717) is 5.92 Å². The zero-order chi connectivity index (χ0) is 14.2. The van der Waals surface area contributed by atoms with Gasteiger partial charge in [-0.25, -0.2) is 0 Å². The number of amides is 1. The van der Waals surface area contributed by atoms with Gasteiger partial charge in [-0.3, -0.25) is 9.59 Å². The molecule has 2 atom stereocenters. The lowest BCUT2D eigenvalue weighted by atomic mass is 9.99. The molecule has 0 bridgehead atoms. The third-order valence-corrected chi connectivity index (χ3v) is 3.79. The molecule has 1 amide bonds. The van der Waals surface area contributed by atoms with E-state index in [9.17, 15) is 9.59 Å². The molecule has 0 spiro atoms. The van der Waals surface area contributed by atoms with Gasteiger partial charge in [0.25, 0.3) is 0 Å². The molecule has 1 N–H and O–H groups in total. The first-order valence-corrected chi connectivity index (χ1v) is 6.57. The minimum absolute atomic E-state index is 0.0862. The number of para-hydroxylation sites is 1. The number of nitrogens with zero attached hydrogens (tertiary/aromatic N) is 1. The Morgan fingerprint density at radius 1 is 1.37 bits per heavy atom. The number of carbonyl (C=O) groups is 2. The number of aliphatic carboxylic acids is 1. The SMILES string of the molecule is CC(C)c1ccccc1N1C(=O)CC(C(=O)O)C1C. The average molecular weight is 261 g/mol. The van der Waals surface area contributed by atoms with Crippen LogP contribution in [0.4, 0.5) is 5.69 Å². The fraction of sp³-hybridized carbons (Fsp3) is 0.467. The molecule has 4 nitrogen and oxygen atoms in total. The van der Waals surface area contributed by atoms with Crippen molar-refractivity contribution in [3.63, 3.8) is 0 Å². The molecule has 4 heteroatoms. The summed E-state index contributed by atoms with van der Waals surface area (Å²) in [4.78, 5) is 25.0. The third-order valence-electron chi connectivity index (χ3n) is 3.79. The number of anilines is 1. The maximum atomic E-state index is 12.1. The monoisotopic (exact) mass is 261 g/mol. The molecule has 19 heavy (non-hydrogen) atoms. The summed E-state index contributed by atoms with van der Waals surface area (Å²) in [5.74, 6) is -1.33. The van der Waals surface area contributed by atoms with E-state index in [0.717, 1.165) is 11.3 Å². The largest absolute Gasteiger partial charge is 0.481 e. The summed E-state index contributed by atoms with van der Waals surface area (Å²) in [5.41, 5.74) is 1.92. The summed E-state index contributed by atoms with van der Waals surface area (Å²) in [6, 6.07) is 7.42. The van der Waals surface area contributed by atoms with E-state index in [2.05, 4.69) is 13.8 Å². The molecule has 1 heterocycles. The molecule has 1 aromatic rings. The van der Waals surface area contributed by atoms with Crippen molar-refractivity contribution < 1.29 is 14.7 Å². The number of carbonyl (C=O) groups excluding carboxylic acids is 1. The van der Waals surface area contributed by atoms with Gasteiger partial charge in [0.05, 0.1) is 5.92 Å². The Morgan fingerprint density at radius 2 is 2.00 bits per heavy atom. The highest BCUT2D eigenvalue weighted by atomic mass is 16.4. The van der Waals surface area contributed by atoms with Crippen molar-refractivity contribution in [3.05, 3.63) is 29.8 Å². The summed E-state index contributed by atoms with van der Waals surface area (Å²) in [5, 5.41) is 9.17. The van der Waals surface area contributed by atoms with Crippen LogP contribution in [0.3, 0.4) is 0 Å². The van der Waals surface area contributed by atoms with Gasteiger partial charge in [0.15, 0.2) is 0 Å². The first kappa shape index (κ1) is 13.6. The maximum Gasteiger partial charge on any atom is 0.309 e. The van der Waals surface area contributed by atoms with Gasteiger partial charge in [-0.1, -0.05) is 32.0 Å². The summed E-state index contributed by atoms with van der Waals surface area (Å²) >= 11 is 0. The number of rotatable bonds is 3. The fourth-order valence-corrected chi connectivity index (χ4v) is 2.71. The number of carboxylic acid groups (broad SMARTS) is 1. The number of hydrogen-bond acceptors (Lipinski definition) is 2. The van der Waals surface area contributed by atoms with Crippen molar-refractivity contribution in [3.8, 4) is 0 Å². The van der Waals surface area contributed by atoms with Crippen LogP contribution in [0.2, 0.25) is 0 Å². The van der Waals surface area contributed by atoms with E-state index in [1.807, 2.05) is 24.3 Å². The molecule has 1 saturated heterocycles. The number of benzene rings is 1. The van der Waals surface area contributed by atoms with Crippen LogP contribution >= 0.6 is 0 Å². The smallest absolute Gasteiger partial charge is 0.309 e. The topological polar surface area (TPSA) is 57.6 Å². The lowest BCUT2D eigenvalue weighted by molar-refractivity contribution is -0.142. The van der Waals surface area contributed by atoms with Gasteiger partial charge >= 0.3 is 5.97 Å². The second kappa shape index (κ2) is 5.03. The van der Waals surface area contributed by atoms with Gasteiger partial charge in [0.2, 0.25) is 5.91 Å². The summed E-state index contributed by atoms with van der Waals surface area (Å²) in [6.45, 7) is 5.94. The average Bonchev–Trinajstić information content (AvgIpc) is 2.65. The number of carboxylic acids is 1. The van der Waals surface area contributed by atoms with Crippen LogP contribution in [-0.2, 0) is 9.59 Å². The molecule has 2 unspecified atom stereocenters. The molecule has 1 aliphatic rings. The highest BCUT2D eigenvalue weighted by Crippen LogP contribution is 2.35. The van der Waals surface area contributed by atoms with Crippen molar-refractivity contribution in [1.29, 1.82) is 0 Å². The van der Waals surface area contributed by atoms with Crippen molar-refractivity contribution in [2.45, 2.75) is 39.2 Å². The van der Waals surface area contributed by atoms with E-state index < -0.39 is 11.9 Å². The molecular weight excluding hydrogens is 242 g/mol. The van der Waals surface area contributed by atoms with Crippen LogP contribution in [0.15, 0.2) is 24.3 Å². The molecule has 1 aromatic carbocycles. The van der Waals surface area contributed by atoms with E-state index in [1.54, 1.807) is 11.8 Å². The van der Waals surface area contributed by atoms with Crippen LogP contribution in [0.1, 0.15) is 38.7 Å². The maximum absolute atomic E-state index is 12.1. The molecule has 2 rings (SSSR count). The Kier molecular flexibility index (Phi) is 3.60. The number of hydrogen-bond donors (Lipinski definition) is 1.